The van der Waals surface area contributed by atoms with Crippen LogP contribution in [-0.2, 0) is 13.0 Å². The third-order valence-electron chi connectivity index (χ3n) is 3.41. The van der Waals surface area contributed by atoms with Crippen LogP contribution in [-0.4, -0.2) is 36.0 Å². The zero-order chi connectivity index (χ0) is 15.9. The van der Waals surface area contributed by atoms with E-state index < -0.39 is 0 Å². The minimum absolute atomic E-state index is 0.459. The standard InChI is InChI=1S/C16H24N4OS/c1-5-17-16(18-11-15-19-12(2)13(3)21-15)20(4)9-8-14-7-6-10-22-14/h6-7,10H,5,8-9,11H2,1-4H3,(H,17,18). The summed E-state index contributed by atoms with van der Waals surface area (Å²) in [6.45, 7) is 8.17. The summed E-state index contributed by atoms with van der Waals surface area (Å²) in [6, 6.07) is 4.26. The Kier molecular flexibility index (Phi) is 6.00. The molecule has 0 saturated carbocycles. The molecular formula is C16H24N4OS. The van der Waals surface area contributed by atoms with Gasteiger partial charge in [0.25, 0.3) is 0 Å². The maximum atomic E-state index is 5.58. The second-order valence-electron chi connectivity index (χ2n) is 5.17. The first-order valence-corrected chi connectivity index (χ1v) is 8.42. The Labute approximate surface area is 136 Å². The van der Waals surface area contributed by atoms with Crippen molar-refractivity contribution in [1.82, 2.24) is 15.2 Å². The largest absolute Gasteiger partial charge is 0.444 e. The molecule has 0 saturated heterocycles. The number of thiophene rings is 1. The molecule has 0 aliphatic heterocycles. The summed E-state index contributed by atoms with van der Waals surface area (Å²) in [5.74, 6) is 2.41. The number of likely N-dealkylation sites (N-methyl/N-ethyl adjacent to an activating group) is 1. The summed E-state index contributed by atoms with van der Waals surface area (Å²) >= 11 is 1.79. The van der Waals surface area contributed by atoms with Gasteiger partial charge in [-0.05, 0) is 38.6 Å². The minimum Gasteiger partial charge on any atom is -0.444 e. The van der Waals surface area contributed by atoms with E-state index in [1.165, 1.54) is 4.88 Å². The molecule has 0 unspecified atom stereocenters. The Morgan fingerprint density at radius 3 is 2.86 bits per heavy atom. The molecule has 0 atom stereocenters. The van der Waals surface area contributed by atoms with Crippen molar-refractivity contribution >= 4 is 17.3 Å². The van der Waals surface area contributed by atoms with Crippen LogP contribution in [0.5, 0.6) is 0 Å². The number of guanidine groups is 1. The van der Waals surface area contributed by atoms with Crippen LogP contribution in [0.15, 0.2) is 26.9 Å². The molecule has 0 spiro atoms. The van der Waals surface area contributed by atoms with Crippen LogP contribution in [0.25, 0.3) is 0 Å². The quantitative estimate of drug-likeness (QED) is 0.657. The normalized spacial score (nSPS) is 11.7. The number of nitrogens with zero attached hydrogens (tertiary/aromatic N) is 3. The van der Waals surface area contributed by atoms with E-state index in [2.05, 4.69) is 51.7 Å². The predicted octanol–water partition coefficient (Wildman–Crippen LogP) is 2.99. The molecule has 6 heteroatoms. The summed E-state index contributed by atoms with van der Waals surface area (Å²) < 4.78 is 5.58. The van der Waals surface area contributed by atoms with Crippen molar-refractivity contribution in [2.75, 3.05) is 20.1 Å². The fraction of sp³-hybridized carbons (Fsp3) is 0.500. The number of hydrogen-bond acceptors (Lipinski definition) is 4. The minimum atomic E-state index is 0.459. The fourth-order valence-corrected chi connectivity index (χ4v) is 2.76. The van der Waals surface area contributed by atoms with Crippen molar-refractivity contribution in [1.29, 1.82) is 0 Å². The average Bonchev–Trinajstić information content (AvgIpc) is 3.11. The summed E-state index contributed by atoms with van der Waals surface area (Å²) in [4.78, 5) is 12.5. The van der Waals surface area contributed by atoms with Gasteiger partial charge in [0, 0.05) is 25.0 Å². The van der Waals surface area contributed by atoms with Crippen LogP contribution in [0.3, 0.4) is 0 Å². The average molecular weight is 320 g/mol. The third kappa shape index (κ3) is 4.59. The highest BCUT2D eigenvalue weighted by Gasteiger charge is 2.09. The first-order valence-electron chi connectivity index (χ1n) is 7.55. The Hall–Kier alpha value is -1.82. The van der Waals surface area contributed by atoms with Crippen molar-refractivity contribution in [2.45, 2.75) is 33.7 Å². The van der Waals surface area contributed by atoms with Gasteiger partial charge in [0.15, 0.2) is 5.96 Å². The second-order valence-corrected chi connectivity index (χ2v) is 6.20. The fourth-order valence-electron chi connectivity index (χ4n) is 2.06. The highest BCUT2D eigenvalue weighted by Crippen LogP contribution is 2.11. The predicted molar refractivity (Wildman–Crippen MR) is 91.4 cm³/mol. The van der Waals surface area contributed by atoms with Gasteiger partial charge in [0.1, 0.15) is 12.3 Å². The lowest BCUT2D eigenvalue weighted by atomic mass is 10.3. The van der Waals surface area contributed by atoms with E-state index in [0.717, 1.165) is 36.9 Å². The van der Waals surface area contributed by atoms with Crippen molar-refractivity contribution < 1.29 is 4.42 Å². The lowest BCUT2D eigenvalue weighted by Crippen LogP contribution is -2.39. The van der Waals surface area contributed by atoms with E-state index in [4.69, 9.17) is 4.42 Å². The second kappa shape index (κ2) is 7.98. The van der Waals surface area contributed by atoms with E-state index >= 15 is 0 Å². The number of aromatic nitrogens is 1. The van der Waals surface area contributed by atoms with E-state index in [-0.39, 0.29) is 0 Å². The zero-order valence-corrected chi connectivity index (χ0v) is 14.5. The van der Waals surface area contributed by atoms with Crippen molar-refractivity contribution in [3.8, 4) is 0 Å². The van der Waals surface area contributed by atoms with Gasteiger partial charge in [-0.3, -0.25) is 0 Å². The monoisotopic (exact) mass is 320 g/mol. The number of oxazole rings is 1. The number of nitrogens with one attached hydrogen (secondary N) is 1. The SMILES string of the molecule is CCNC(=NCc1nc(C)c(C)o1)N(C)CCc1cccs1. The molecule has 2 rings (SSSR count). The highest BCUT2D eigenvalue weighted by molar-refractivity contribution is 7.09. The van der Waals surface area contributed by atoms with E-state index in [9.17, 15) is 0 Å². The van der Waals surface area contributed by atoms with Gasteiger partial charge in [-0.1, -0.05) is 6.07 Å². The number of aryl methyl sites for hydroxylation is 2. The van der Waals surface area contributed by atoms with Gasteiger partial charge in [-0.15, -0.1) is 11.3 Å². The van der Waals surface area contributed by atoms with Crippen LogP contribution in [0.2, 0.25) is 0 Å². The highest BCUT2D eigenvalue weighted by atomic mass is 32.1. The first-order chi connectivity index (χ1) is 10.6. The Morgan fingerprint density at radius 1 is 1.45 bits per heavy atom. The van der Waals surface area contributed by atoms with Gasteiger partial charge < -0.3 is 14.6 Å². The molecule has 1 N–H and O–H groups in total. The molecular weight excluding hydrogens is 296 g/mol. The first kappa shape index (κ1) is 16.5. The molecule has 2 heterocycles. The van der Waals surface area contributed by atoms with Gasteiger partial charge >= 0.3 is 0 Å². The van der Waals surface area contributed by atoms with Crippen LogP contribution >= 0.6 is 11.3 Å². The maximum absolute atomic E-state index is 5.58. The molecule has 0 fully saturated rings. The molecule has 22 heavy (non-hydrogen) atoms. The molecule has 0 bridgehead atoms. The number of hydrogen-bond donors (Lipinski definition) is 1. The van der Waals surface area contributed by atoms with Gasteiger partial charge in [-0.25, -0.2) is 9.98 Å². The van der Waals surface area contributed by atoms with Crippen LogP contribution < -0.4 is 5.32 Å². The lowest BCUT2D eigenvalue weighted by molar-refractivity contribution is 0.462. The number of aliphatic imine (C=N–C) groups is 1. The summed E-state index contributed by atoms with van der Waals surface area (Å²) in [6.07, 6.45) is 1.02. The molecule has 0 radical (unpaired) electrons. The van der Waals surface area contributed by atoms with Gasteiger partial charge in [-0.2, -0.15) is 0 Å². The Morgan fingerprint density at radius 2 is 2.27 bits per heavy atom. The van der Waals surface area contributed by atoms with Crippen molar-refractivity contribution in [2.24, 2.45) is 4.99 Å². The van der Waals surface area contributed by atoms with E-state index in [1.807, 2.05) is 13.8 Å². The van der Waals surface area contributed by atoms with Gasteiger partial charge in [0.2, 0.25) is 5.89 Å². The summed E-state index contributed by atoms with van der Waals surface area (Å²) in [5.41, 5.74) is 0.932. The molecule has 0 aromatic carbocycles. The Balaban J connectivity index is 1.96. The van der Waals surface area contributed by atoms with Crippen LogP contribution in [0.1, 0.15) is 29.1 Å². The number of rotatable bonds is 6. The maximum Gasteiger partial charge on any atom is 0.216 e. The van der Waals surface area contributed by atoms with E-state index in [0.29, 0.717) is 12.4 Å². The molecule has 0 amide bonds. The van der Waals surface area contributed by atoms with Gasteiger partial charge in [0.05, 0.1) is 5.69 Å². The van der Waals surface area contributed by atoms with Crippen LogP contribution in [0.4, 0.5) is 0 Å². The third-order valence-corrected chi connectivity index (χ3v) is 4.34. The molecule has 0 aliphatic carbocycles. The molecule has 5 nitrogen and oxygen atoms in total. The molecule has 0 aliphatic rings. The van der Waals surface area contributed by atoms with Crippen LogP contribution in [0, 0.1) is 13.8 Å². The van der Waals surface area contributed by atoms with Crippen molar-refractivity contribution in [3.05, 3.63) is 39.7 Å². The lowest BCUT2D eigenvalue weighted by Gasteiger charge is -2.21. The summed E-state index contributed by atoms with van der Waals surface area (Å²) in [7, 11) is 2.06. The smallest absolute Gasteiger partial charge is 0.216 e. The molecule has 2 aromatic heterocycles. The topological polar surface area (TPSA) is 53.7 Å². The summed E-state index contributed by atoms with van der Waals surface area (Å²) in [5, 5.41) is 5.43. The zero-order valence-electron chi connectivity index (χ0n) is 13.7. The Bertz CT molecular complexity index is 584. The van der Waals surface area contributed by atoms with Crippen molar-refractivity contribution in [3.63, 3.8) is 0 Å². The van der Waals surface area contributed by atoms with E-state index in [1.54, 1.807) is 11.3 Å². The molecule has 2 aromatic rings. The molecule has 120 valence electrons.